The Kier molecular flexibility index (Phi) is 6.31. The van der Waals surface area contributed by atoms with Crippen molar-refractivity contribution in [2.75, 3.05) is 13.2 Å². The van der Waals surface area contributed by atoms with Crippen LogP contribution in [0.3, 0.4) is 0 Å². The molecule has 2 heterocycles. The van der Waals surface area contributed by atoms with Crippen LogP contribution in [0, 0.1) is 18.7 Å². The number of aromatic nitrogens is 2. The van der Waals surface area contributed by atoms with Gasteiger partial charge in [-0.15, -0.1) is 0 Å². The highest BCUT2D eigenvalue weighted by Gasteiger charge is 2.42. The first-order chi connectivity index (χ1) is 15.6. The fraction of sp³-hybridized carbons (Fsp3) is 0.615. The second kappa shape index (κ2) is 9.34. The maximum absolute atomic E-state index is 13.6. The van der Waals surface area contributed by atoms with Crippen molar-refractivity contribution >= 4 is 5.91 Å². The molecule has 1 aromatic carbocycles. The van der Waals surface area contributed by atoms with Crippen LogP contribution in [-0.2, 0) is 9.53 Å². The van der Waals surface area contributed by atoms with Gasteiger partial charge in [-0.3, -0.25) is 9.89 Å². The number of aromatic amines is 1. The molecule has 1 saturated heterocycles. The second-order valence-electron chi connectivity index (χ2n) is 9.94. The van der Waals surface area contributed by atoms with E-state index in [2.05, 4.69) is 22.0 Å². The summed E-state index contributed by atoms with van der Waals surface area (Å²) in [6, 6.07) is 7.08. The maximum atomic E-state index is 13.6. The number of benzene rings is 1. The van der Waals surface area contributed by atoms with Crippen molar-refractivity contribution in [1.82, 2.24) is 15.1 Å². The predicted molar refractivity (Wildman–Crippen MR) is 121 cm³/mol. The number of nitrogens with one attached hydrogen (secondary N) is 1. The van der Waals surface area contributed by atoms with Crippen LogP contribution in [0.5, 0.6) is 0 Å². The highest BCUT2D eigenvalue weighted by atomic mass is 19.1. The van der Waals surface area contributed by atoms with Gasteiger partial charge in [-0.1, -0.05) is 12.1 Å². The number of likely N-dealkylation sites (tertiary alicyclic amines) is 1. The normalized spacial score (nSPS) is 28.6. The first-order valence-corrected chi connectivity index (χ1v) is 12.3. The Morgan fingerprint density at radius 3 is 2.69 bits per heavy atom. The Balaban J connectivity index is 1.24. The average Bonchev–Trinajstić information content (AvgIpc) is 3.58. The fourth-order valence-electron chi connectivity index (χ4n) is 5.71. The predicted octanol–water partition coefficient (Wildman–Crippen LogP) is 5.08. The molecule has 5 nitrogen and oxygen atoms in total. The van der Waals surface area contributed by atoms with Crippen LogP contribution in [0.4, 0.5) is 4.39 Å². The summed E-state index contributed by atoms with van der Waals surface area (Å²) in [6.45, 7) is 3.49. The zero-order chi connectivity index (χ0) is 22.1. The van der Waals surface area contributed by atoms with E-state index in [9.17, 15) is 9.18 Å². The van der Waals surface area contributed by atoms with Crippen LogP contribution >= 0.6 is 0 Å². The van der Waals surface area contributed by atoms with Crippen molar-refractivity contribution in [3.05, 3.63) is 53.1 Å². The smallest absolute Gasteiger partial charge is 0.226 e. The number of H-pyrrole nitrogens is 1. The van der Waals surface area contributed by atoms with Gasteiger partial charge < -0.3 is 9.64 Å². The highest BCUT2D eigenvalue weighted by Crippen LogP contribution is 2.39. The summed E-state index contributed by atoms with van der Waals surface area (Å²) >= 11 is 0. The van der Waals surface area contributed by atoms with Crippen LogP contribution in [-0.4, -0.2) is 46.3 Å². The van der Waals surface area contributed by atoms with Gasteiger partial charge in [0.2, 0.25) is 5.91 Å². The topological polar surface area (TPSA) is 58.2 Å². The van der Waals surface area contributed by atoms with Crippen molar-refractivity contribution < 1.29 is 13.9 Å². The molecule has 0 spiro atoms. The Morgan fingerprint density at radius 2 is 2.00 bits per heavy atom. The minimum Gasteiger partial charge on any atom is -0.376 e. The van der Waals surface area contributed by atoms with Gasteiger partial charge in [0.15, 0.2) is 0 Å². The average molecular weight is 440 g/mol. The lowest BCUT2D eigenvalue weighted by Gasteiger charge is -2.42. The van der Waals surface area contributed by atoms with Gasteiger partial charge in [0.1, 0.15) is 5.82 Å². The molecule has 0 radical (unpaired) electrons. The summed E-state index contributed by atoms with van der Waals surface area (Å²) in [7, 11) is 0. The number of aryl methyl sites for hydroxylation is 1. The number of hydrogen-bond acceptors (Lipinski definition) is 3. The van der Waals surface area contributed by atoms with E-state index in [0.29, 0.717) is 18.4 Å². The SMILES string of the molecule is Cc1c[nH]nc1[C@H]1CCCN(C(=O)C2CC2)[C@H]1CO[C@H]1CC[C@@H](c2cccc(F)c2)CC1. The van der Waals surface area contributed by atoms with Gasteiger partial charge in [0.25, 0.3) is 0 Å². The van der Waals surface area contributed by atoms with E-state index in [1.165, 1.54) is 6.07 Å². The van der Waals surface area contributed by atoms with E-state index in [0.717, 1.165) is 74.7 Å². The van der Waals surface area contributed by atoms with Crippen LogP contribution in [0.25, 0.3) is 0 Å². The molecule has 3 aliphatic rings. The summed E-state index contributed by atoms with van der Waals surface area (Å²) in [4.78, 5) is 15.2. The third-order valence-corrected chi connectivity index (χ3v) is 7.71. The molecule has 0 unspecified atom stereocenters. The van der Waals surface area contributed by atoms with Crippen molar-refractivity contribution in [2.45, 2.75) is 82.3 Å². The quantitative estimate of drug-likeness (QED) is 0.682. The molecule has 172 valence electrons. The molecule has 2 aliphatic carbocycles. The Morgan fingerprint density at radius 1 is 1.19 bits per heavy atom. The summed E-state index contributed by atoms with van der Waals surface area (Å²) in [5.74, 6) is 1.01. The lowest BCUT2D eigenvalue weighted by Crippen LogP contribution is -2.51. The zero-order valence-electron chi connectivity index (χ0n) is 18.9. The molecular weight excluding hydrogens is 405 g/mol. The maximum Gasteiger partial charge on any atom is 0.226 e. The number of piperidine rings is 1. The van der Waals surface area contributed by atoms with E-state index in [-0.39, 0.29) is 29.8 Å². The highest BCUT2D eigenvalue weighted by molar-refractivity contribution is 5.81. The molecule has 1 aromatic heterocycles. The fourth-order valence-corrected chi connectivity index (χ4v) is 5.71. The number of hydrogen-bond donors (Lipinski definition) is 1. The van der Waals surface area contributed by atoms with Crippen LogP contribution in [0.1, 0.15) is 80.0 Å². The number of nitrogens with zero attached hydrogens (tertiary/aromatic N) is 2. The summed E-state index contributed by atoms with van der Waals surface area (Å²) in [6.07, 6.45) is 10.3. The van der Waals surface area contributed by atoms with Crippen molar-refractivity contribution in [3.63, 3.8) is 0 Å². The Labute approximate surface area is 189 Å². The zero-order valence-corrected chi connectivity index (χ0v) is 18.9. The van der Waals surface area contributed by atoms with Gasteiger partial charge in [-0.05, 0) is 87.5 Å². The molecule has 1 amide bonds. The van der Waals surface area contributed by atoms with Crippen LogP contribution in [0.15, 0.2) is 30.5 Å². The number of carbonyl (C=O) groups excluding carboxylic acids is 1. The Bertz CT molecular complexity index is 933. The van der Waals surface area contributed by atoms with E-state index in [1.54, 1.807) is 12.1 Å². The molecule has 0 bridgehead atoms. The molecule has 2 atom stereocenters. The van der Waals surface area contributed by atoms with Gasteiger partial charge in [-0.2, -0.15) is 5.10 Å². The summed E-state index contributed by atoms with van der Waals surface area (Å²) < 4.78 is 20.1. The van der Waals surface area contributed by atoms with E-state index in [1.807, 2.05) is 12.3 Å². The minimum absolute atomic E-state index is 0.0554. The molecule has 1 aliphatic heterocycles. The number of rotatable bonds is 6. The van der Waals surface area contributed by atoms with Gasteiger partial charge in [0.05, 0.1) is 24.4 Å². The van der Waals surface area contributed by atoms with Crippen LogP contribution < -0.4 is 0 Å². The van der Waals surface area contributed by atoms with E-state index < -0.39 is 0 Å². The van der Waals surface area contributed by atoms with Gasteiger partial charge >= 0.3 is 0 Å². The van der Waals surface area contributed by atoms with Crippen molar-refractivity contribution in [3.8, 4) is 0 Å². The molecular formula is C26H34FN3O2. The Hall–Kier alpha value is -2.21. The monoisotopic (exact) mass is 439 g/mol. The molecule has 2 aromatic rings. The first-order valence-electron chi connectivity index (χ1n) is 12.3. The largest absolute Gasteiger partial charge is 0.376 e. The number of carbonyl (C=O) groups is 1. The van der Waals surface area contributed by atoms with Gasteiger partial charge in [0, 0.05) is 24.6 Å². The van der Waals surface area contributed by atoms with E-state index >= 15 is 0 Å². The molecule has 6 heteroatoms. The van der Waals surface area contributed by atoms with Gasteiger partial charge in [-0.25, -0.2) is 4.39 Å². The molecule has 2 saturated carbocycles. The first kappa shape index (κ1) is 21.6. The molecule has 1 N–H and O–H groups in total. The summed E-state index contributed by atoms with van der Waals surface area (Å²) in [5, 5.41) is 7.54. The number of halogens is 1. The third kappa shape index (κ3) is 4.61. The molecule has 3 fully saturated rings. The van der Waals surface area contributed by atoms with E-state index in [4.69, 9.17) is 4.74 Å². The lowest BCUT2D eigenvalue weighted by atomic mass is 9.82. The van der Waals surface area contributed by atoms with Crippen molar-refractivity contribution in [2.24, 2.45) is 5.92 Å². The minimum atomic E-state index is -0.154. The lowest BCUT2D eigenvalue weighted by molar-refractivity contribution is -0.139. The number of ether oxygens (including phenoxy) is 1. The number of amides is 1. The molecule has 5 rings (SSSR count). The third-order valence-electron chi connectivity index (χ3n) is 7.71. The second-order valence-corrected chi connectivity index (χ2v) is 9.94. The standard InChI is InChI=1S/C26H34FN3O2/c1-17-15-28-29-25(17)23-6-3-13-30(26(31)19-7-8-19)24(23)16-32-22-11-9-18(10-12-22)20-4-2-5-21(27)14-20/h2,4-5,14-15,18-19,22-24H,3,6-13,16H2,1H3,(H,28,29)/t18-,22+,23-,24-/m0/s1. The van der Waals surface area contributed by atoms with Crippen molar-refractivity contribution in [1.29, 1.82) is 0 Å². The van der Waals surface area contributed by atoms with Crippen LogP contribution in [0.2, 0.25) is 0 Å². The summed E-state index contributed by atoms with van der Waals surface area (Å²) in [5.41, 5.74) is 3.35. The molecule has 32 heavy (non-hydrogen) atoms.